The highest BCUT2D eigenvalue weighted by Gasteiger charge is 2.01. The summed E-state index contributed by atoms with van der Waals surface area (Å²) in [6.07, 6.45) is 0. The zero-order valence-corrected chi connectivity index (χ0v) is 10.4. The van der Waals surface area contributed by atoms with Crippen LogP contribution in [0.4, 0.5) is 5.82 Å². The Balaban J connectivity index is 2.23. The molecular formula is C14H17N3. The van der Waals surface area contributed by atoms with Gasteiger partial charge in [-0.1, -0.05) is 23.8 Å². The van der Waals surface area contributed by atoms with Crippen molar-refractivity contribution >= 4 is 5.82 Å². The van der Waals surface area contributed by atoms with Gasteiger partial charge in [-0.25, -0.2) is 0 Å². The summed E-state index contributed by atoms with van der Waals surface area (Å²) in [6, 6.07) is 12.6. The fourth-order valence-corrected chi connectivity index (χ4v) is 1.66. The Morgan fingerprint density at radius 2 is 1.88 bits per heavy atom. The van der Waals surface area contributed by atoms with Gasteiger partial charge in [-0.3, -0.25) is 0 Å². The number of hydrogen-bond acceptors (Lipinski definition) is 3. The van der Waals surface area contributed by atoms with E-state index in [2.05, 4.69) is 48.4 Å². The molecule has 0 aliphatic rings. The van der Waals surface area contributed by atoms with Crippen LogP contribution in [0.1, 0.15) is 19.4 Å². The van der Waals surface area contributed by atoms with Crippen molar-refractivity contribution in [3.63, 3.8) is 0 Å². The average molecular weight is 227 g/mol. The second kappa shape index (κ2) is 4.95. The molecule has 0 spiro atoms. The molecule has 17 heavy (non-hydrogen) atoms. The smallest absolute Gasteiger partial charge is 0.148 e. The van der Waals surface area contributed by atoms with E-state index in [-0.39, 0.29) is 0 Å². The van der Waals surface area contributed by atoms with Gasteiger partial charge in [0.1, 0.15) is 5.82 Å². The zero-order chi connectivity index (χ0) is 12.3. The highest BCUT2D eigenvalue weighted by atomic mass is 15.2. The summed E-state index contributed by atoms with van der Waals surface area (Å²) in [7, 11) is 0. The van der Waals surface area contributed by atoms with Crippen molar-refractivity contribution in [3.05, 3.63) is 42.0 Å². The van der Waals surface area contributed by atoms with E-state index < -0.39 is 0 Å². The van der Waals surface area contributed by atoms with E-state index in [1.165, 1.54) is 5.56 Å². The van der Waals surface area contributed by atoms with Crippen LogP contribution in [0.5, 0.6) is 0 Å². The van der Waals surface area contributed by atoms with Crippen LogP contribution in [0.2, 0.25) is 0 Å². The van der Waals surface area contributed by atoms with E-state index in [4.69, 9.17) is 0 Å². The lowest BCUT2D eigenvalue weighted by atomic mass is 10.1. The molecule has 1 heterocycles. The van der Waals surface area contributed by atoms with Gasteiger partial charge in [0.15, 0.2) is 0 Å². The summed E-state index contributed by atoms with van der Waals surface area (Å²) in [6.45, 7) is 6.23. The van der Waals surface area contributed by atoms with Crippen molar-refractivity contribution < 1.29 is 0 Å². The Labute approximate surface area is 102 Å². The first kappa shape index (κ1) is 11.6. The number of benzene rings is 1. The van der Waals surface area contributed by atoms with Crippen molar-refractivity contribution in [1.82, 2.24) is 10.2 Å². The van der Waals surface area contributed by atoms with Crippen molar-refractivity contribution in [2.75, 3.05) is 5.32 Å². The molecule has 88 valence electrons. The lowest BCUT2D eigenvalue weighted by molar-refractivity contribution is 0.874. The monoisotopic (exact) mass is 227 g/mol. The molecular weight excluding hydrogens is 210 g/mol. The van der Waals surface area contributed by atoms with Crippen LogP contribution in [0.15, 0.2) is 36.4 Å². The van der Waals surface area contributed by atoms with Crippen LogP contribution in [-0.4, -0.2) is 16.2 Å². The minimum absolute atomic E-state index is 0.370. The highest BCUT2D eigenvalue weighted by molar-refractivity contribution is 5.60. The largest absolute Gasteiger partial charge is 0.366 e. The third-order valence-electron chi connectivity index (χ3n) is 2.41. The molecule has 0 saturated carbocycles. The Kier molecular flexibility index (Phi) is 3.38. The molecule has 2 rings (SSSR count). The number of hydrogen-bond donors (Lipinski definition) is 1. The van der Waals surface area contributed by atoms with Crippen molar-refractivity contribution in [1.29, 1.82) is 0 Å². The molecule has 3 nitrogen and oxygen atoms in total. The summed E-state index contributed by atoms with van der Waals surface area (Å²) in [5, 5.41) is 11.6. The van der Waals surface area contributed by atoms with Gasteiger partial charge in [0, 0.05) is 11.6 Å². The first-order valence-corrected chi connectivity index (χ1v) is 5.82. The summed E-state index contributed by atoms with van der Waals surface area (Å²) in [5.41, 5.74) is 3.24. The Morgan fingerprint density at radius 1 is 1.06 bits per heavy atom. The van der Waals surface area contributed by atoms with Gasteiger partial charge in [-0.2, -0.15) is 0 Å². The first-order chi connectivity index (χ1) is 8.15. The average Bonchev–Trinajstić information content (AvgIpc) is 2.29. The van der Waals surface area contributed by atoms with Gasteiger partial charge in [0.05, 0.1) is 5.69 Å². The lowest BCUT2D eigenvalue weighted by Gasteiger charge is -2.08. The Hall–Kier alpha value is -1.90. The van der Waals surface area contributed by atoms with Crippen molar-refractivity contribution in [3.8, 4) is 11.3 Å². The number of rotatable bonds is 3. The summed E-state index contributed by atoms with van der Waals surface area (Å²) in [4.78, 5) is 0. The molecule has 0 radical (unpaired) electrons. The Bertz CT molecular complexity index is 489. The molecule has 1 aromatic heterocycles. The van der Waals surface area contributed by atoms with Gasteiger partial charge < -0.3 is 5.32 Å². The van der Waals surface area contributed by atoms with Crippen LogP contribution in [0, 0.1) is 6.92 Å². The summed E-state index contributed by atoms with van der Waals surface area (Å²) < 4.78 is 0. The van der Waals surface area contributed by atoms with Crippen molar-refractivity contribution in [2.45, 2.75) is 26.8 Å². The maximum absolute atomic E-state index is 4.23. The molecule has 0 unspecified atom stereocenters. The van der Waals surface area contributed by atoms with E-state index >= 15 is 0 Å². The summed E-state index contributed by atoms with van der Waals surface area (Å²) in [5.74, 6) is 0.816. The van der Waals surface area contributed by atoms with Crippen LogP contribution in [0.3, 0.4) is 0 Å². The summed E-state index contributed by atoms with van der Waals surface area (Å²) >= 11 is 0. The third kappa shape index (κ3) is 3.03. The second-order valence-electron chi connectivity index (χ2n) is 4.47. The van der Waals surface area contributed by atoms with E-state index in [1.807, 2.05) is 24.3 Å². The number of aryl methyl sites for hydroxylation is 1. The molecule has 0 saturated heterocycles. The van der Waals surface area contributed by atoms with E-state index in [0.717, 1.165) is 17.1 Å². The first-order valence-electron chi connectivity index (χ1n) is 5.82. The van der Waals surface area contributed by atoms with Gasteiger partial charge >= 0.3 is 0 Å². The maximum atomic E-state index is 4.23. The molecule has 0 aliphatic heterocycles. The van der Waals surface area contributed by atoms with E-state index in [0.29, 0.717) is 6.04 Å². The van der Waals surface area contributed by atoms with E-state index in [1.54, 1.807) is 0 Å². The minimum Gasteiger partial charge on any atom is -0.366 e. The number of nitrogens with zero attached hydrogens (tertiary/aromatic N) is 2. The molecule has 0 amide bonds. The van der Waals surface area contributed by atoms with Crippen LogP contribution < -0.4 is 5.32 Å². The number of nitrogens with one attached hydrogen (secondary N) is 1. The molecule has 1 aromatic carbocycles. The normalized spacial score (nSPS) is 10.6. The van der Waals surface area contributed by atoms with Crippen molar-refractivity contribution in [2.24, 2.45) is 0 Å². The van der Waals surface area contributed by atoms with E-state index in [9.17, 15) is 0 Å². The van der Waals surface area contributed by atoms with Gasteiger partial charge in [0.2, 0.25) is 0 Å². The SMILES string of the molecule is Cc1cccc(-c2ccc(NC(C)C)nn2)c1. The Morgan fingerprint density at radius 3 is 2.47 bits per heavy atom. The van der Waals surface area contributed by atoms with Gasteiger partial charge in [0.25, 0.3) is 0 Å². The predicted octanol–water partition coefficient (Wildman–Crippen LogP) is 3.27. The molecule has 0 bridgehead atoms. The molecule has 2 aromatic rings. The van der Waals surface area contributed by atoms with Crippen LogP contribution >= 0.6 is 0 Å². The standard InChI is InChI=1S/C14H17N3/c1-10(2)15-14-8-7-13(16-17-14)12-6-4-5-11(3)9-12/h4-10H,1-3H3,(H,15,17). The predicted molar refractivity (Wildman–Crippen MR) is 71.0 cm³/mol. The quantitative estimate of drug-likeness (QED) is 0.874. The minimum atomic E-state index is 0.370. The third-order valence-corrected chi connectivity index (χ3v) is 2.41. The topological polar surface area (TPSA) is 37.8 Å². The fraction of sp³-hybridized carbons (Fsp3) is 0.286. The van der Waals surface area contributed by atoms with Gasteiger partial charge in [-0.15, -0.1) is 10.2 Å². The highest BCUT2D eigenvalue weighted by Crippen LogP contribution is 2.18. The molecule has 3 heteroatoms. The lowest BCUT2D eigenvalue weighted by Crippen LogP contribution is -2.11. The molecule has 0 fully saturated rings. The van der Waals surface area contributed by atoms with Gasteiger partial charge in [-0.05, 0) is 39.0 Å². The molecule has 1 N–H and O–H groups in total. The van der Waals surface area contributed by atoms with Crippen LogP contribution in [-0.2, 0) is 0 Å². The molecule has 0 atom stereocenters. The van der Waals surface area contributed by atoms with Crippen LogP contribution in [0.25, 0.3) is 11.3 Å². The zero-order valence-electron chi connectivity index (χ0n) is 10.4. The second-order valence-corrected chi connectivity index (χ2v) is 4.47. The molecule has 0 aliphatic carbocycles. The number of anilines is 1. The fourth-order valence-electron chi connectivity index (χ4n) is 1.66. The number of aromatic nitrogens is 2. The maximum Gasteiger partial charge on any atom is 0.148 e.